The van der Waals surface area contributed by atoms with Crippen molar-refractivity contribution < 1.29 is 13.2 Å². The molecule has 1 aliphatic rings. The van der Waals surface area contributed by atoms with E-state index in [0.717, 1.165) is 5.92 Å². The van der Waals surface area contributed by atoms with Crippen LogP contribution in [0, 0.1) is 5.92 Å². The summed E-state index contributed by atoms with van der Waals surface area (Å²) in [4.78, 5) is 0. The second-order valence-corrected chi connectivity index (χ2v) is 4.33. The van der Waals surface area contributed by atoms with Gasteiger partial charge >= 0.3 is 6.18 Å². The summed E-state index contributed by atoms with van der Waals surface area (Å²) in [6, 6.07) is 0. The molecule has 1 rings (SSSR count). The van der Waals surface area contributed by atoms with Gasteiger partial charge in [0.1, 0.15) is 5.75 Å². The highest BCUT2D eigenvalue weighted by molar-refractivity contribution is 7.97. The summed E-state index contributed by atoms with van der Waals surface area (Å²) in [6.07, 6.45) is 6.65. The van der Waals surface area contributed by atoms with Gasteiger partial charge in [-0.3, -0.25) is 5.14 Å². The third-order valence-electron chi connectivity index (χ3n) is 2.28. The van der Waals surface area contributed by atoms with E-state index in [0.29, 0.717) is 0 Å². The topological polar surface area (TPSA) is 52.0 Å². The molecular weight excluding hydrogens is 237 g/mol. The van der Waals surface area contributed by atoms with Crippen molar-refractivity contribution >= 4 is 11.9 Å². The van der Waals surface area contributed by atoms with Gasteiger partial charge in [0.25, 0.3) is 0 Å². The Morgan fingerprint density at radius 2 is 1.75 bits per heavy atom. The zero-order chi connectivity index (χ0) is 12.4. The number of hydrogen-bond acceptors (Lipinski definition) is 3. The van der Waals surface area contributed by atoms with Gasteiger partial charge in [-0.25, -0.2) is 0 Å². The highest BCUT2D eigenvalue weighted by Gasteiger charge is 2.25. The minimum atomic E-state index is -4.11. The summed E-state index contributed by atoms with van der Waals surface area (Å²) < 4.78 is 32.9. The zero-order valence-corrected chi connectivity index (χ0v) is 9.99. The summed E-state index contributed by atoms with van der Waals surface area (Å²) in [5.41, 5.74) is 5.28. The third-order valence-corrected chi connectivity index (χ3v) is 2.77. The quantitative estimate of drug-likeness (QED) is 0.746. The van der Waals surface area contributed by atoms with Gasteiger partial charge < -0.3 is 5.73 Å². The molecule has 0 saturated heterocycles. The van der Waals surface area contributed by atoms with Crippen LogP contribution >= 0.6 is 11.9 Å². The van der Waals surface area contributed by atoms with E-state index < -0.39 is 11.9 Å². The summed E-state index contributed by atoms with van der Waals surface area (Å²) in [5, 5.41) is 4.51. The van der Waals surface area contributed by atoms with Crippen molar-refractivity contribution in [2.45, 2.75) is 38.3 Å². The lowest BCUT2D eigenvalue weighted by atomic mass is 9.89. The lowest BCUT2D eigenvalue weighted by Gasteiger charge is -2.16. The Morgan fingerprint density at radius 1 is 1.19 bits per heavy atom. The van der Waals surface area contributed by atoms with Crippen LogP contribution in [0.15, 0.2) is 12.3 Å². The number of halogens is 3. The molecule has 1 fully saturated rings. The molecule has 1 saturated carbocycles. The fourth-order valence-corrected chi connectivity index (χ4v) is 1.77. The predicted molar refractivity (Wildman–Crippen MR) is 62.6 cm³/mol. The number of hydrogen-bond donors (Lipinski definition) is 2. The second-order valence-electron chi connectivity index (χ2n) is 3.71. The maximum atomic E-state index is 11.0. The highest BCUT2D eigenvalue weighted by Crippen LogP contribution is 2.23. The van der Waals surface area contributed by atoms with Gasteiger partial charge in [-0.2, -0.15) is 13.2 Å². The first-order chi connectivity index (χ1) is 7.49. The molecule has 0 heterocycles. The van der Waals surface area contributed by atoms with Gasteiger partial charge in [0.05, 0.1) is 0 Å². The summed E-state index contributed by atoms with van der Waals surface area (Å²) >= 11 is 0.284. The van der Waals surface area contributed by atoms with Crippen LogP contribution in [0.1, 0.15) is 32.1 Å². The fourth-order valence-electron chi connectivity index (χ4n) is 1.58. The van der Waals surface area contributed by atoms with Crippen molar-refractivity contribution in [3.8, 4) is 0 Å². The SMILES string of the molecule is NC=CC1CCCCC1.NSCC(F)(F)F. The maximum absolute atomic E-state index is 11.0. The van der Waals surface area contributed by atoms with Gasteiger partial charge in [0.15, 0.2) is 0 Å². The van der Waals surface area contributed by atoms with E-state index in [1.54, 1.807) is 6.20 Å². The molecule has 0 atom stereocenters. The molecular formula is C10H19F3N2S. The molecule has 96 valence electrons. The van der Waals surface area contributed by atoms with Crippen molar-refractivity contribution in [1.29, 1.82) is 0 Å². The van der Waals surface area contributed by atoms with Crippen LogP contribution in [0.4, 0.5) is 13.2 Å². The average Bonchev–Trinajstić information content (AvgIpc) is 2.19. The maximum Gasteiger partial charge on any atom is 0.399 e. The van der Waals surface area contributed by atoms with Crippen LogP contribution in [0.25, 0.3) is 0 Å². The molecule has 4 N–H and O–H groups in total. The summed E-state index contributed by atoms with van der Waals surface area (Å²) in [7, 11) is 0. The van der Waals surface area contributed by atoms with E-state index in [1.165, 1.54) is 32.1 Å². The van der Waals surface area contributed by atoms with Crippen LogP contribution in [-0.4, -0.2) is 11.9 Å². The molecule has 16 heavy (non-hydrogen) atoms. The van der Waals surface area contributed by atoms with E-state index in [9.17, 15) is 13.2 Å². The summed E-state index contributed by atoms with van der Waals surface area (Å²) in [5.74, 6) is -0.170. The third kappa shape index (κ3) is 10.2. The first kappa shape index (κ1) is 15.6. The number of rotatable bonds is 2. The standard InChI is InChI=1S/C8H15N.C2H4F3NS/c9-7-6-8-4-2-1-3-5-8;3-2(4,5)1-7-6/h6-8H,1-5,9H2;1,6H2. The molecule has 0 unspecified atom stereocenters. The molecule has 0 aliphatic heterocycles. The molecule has 0 bridgehead atoms. The van der Waals surface area contributed by atoms with Crippen molar-refractivity contribution in [2.24, 2.45) is 16.8 Å². The van der Waals surface area contributed by atoms with Gasteiger partial charge in [-0.05, 0) is 25.0 Å². The van der Waals surface area contributed by atoms with Crippen molar-refractivity contribution in [1.82, 2.24) is 0 Å². The first-order valence-corrected chi connectivity index (χ1v) is 6.31. The van der Waals surface area contributed by atoms with Crippen LogP contribution < -0.4 is 10.9 Å². The fraction of sp³-hybridized carbons (Fsp3) is 0.800. The van der Waals surface area contributed by atoms with Crippen molar-refractivity contribution in [3.05, 3.63) is 12.3 Å². The number of alkyl halides is 3. The molecule has 0 aromatic heterocycles. The Kier molecular flexibility index (Phi) is 8.56. The highest BCUT2D eigenvalue weighted by atomic mass is 32.2. The van der Waals surface area contributed by atoms with Crippen LogP contribution in [0.5, 0.6) is 0 Å². The molecule has 0 amide bonds. The van der Waals surface area contributed by atoms with E-state index in [4.69, 9.17) is 5.73 Å². The molecule has 1 aliphatic carbocycles. The smallest absolute Gasteiger partial charge is 0.399 e. The first-order valence-electron chi connectivity index (χ1n) is 5.26. The van der Waals surface area contributed by atoms with E-state index in [1.807, 2.05) is 0 Å². The lowest BCUT2D eigenvalue weighted by Crippen LogP contribution is -2.11. The van der Waals surface area contributed by atoms with Gasteiger partial charge in [-0.1, -0.05) is 37.3 Å². The number of allylic oxidation sites excluding steroid dienone is 1. The Hall–Kier alpha value is -0.360. The Bertz CT molecular complexity index is 189. The minimum absolute atomic E-state index is 0.284. The van der Waals surface area contributed by atoms with Crippen LogP contribution in [0.2, 0.25) is 0 Å². The molecule has 2 nitrogen and oxygen atoms in total. The molecule has 6 heteroatoms. The molecule has 0 spiro atoms. The second kappa shape index (κ2) is 8.75. The Labute approximate surface area is 98.8 Å². The summed E-state index contributed by atoms with van der Waals surface area (Å²) in [6.45, 7) is 0. The predicted octanol–water partition coefficient (Wildman–Crippen LogP) is 3.19. The zero-order valence-electron chi connectivity index (χ0n) is 9.17. The lowest BCUT2D eigenvalue weighted by molar-refractivity contribution is -0.105. The van der Waals surface area contributed by atoms with Crippen LogP contribution in [0.3, 0.4) is 0 Å². The monoisotopic (exact) mass is 256 g/mol. The molecule has 0 aromatic rings. The van der Waals surface area contributed by atoms with E-state index >= 15 is 0 Å². The Balaban J connectivity index is 0.000000293. The van der Waals surface area contributed by atoms with Crippen LogP contribution in [-0.2, 0) is 0 Å². The normalized spacial score (nSPS) is 18.2. The average molecular weight is 256 g/mol. The van der Waals surface area contributed by atoms with Gasteiger partial charge in [0.2, 0.25) is 0 Å². The molecule has 0 aromatic carbocycles. The van der Waals surface area contributed by atoms with Gasteiger partial charge in [-0.15, -0.1) is 0 Å². The van der Waals surface area contributed by atoms with Crippen molar-refractivity contribution in [2.75, 3.05) is 5.75 Å². The number of nitrogens with two attached hydrogens (primary N) is 2. The minimum Gasteiger partial charge on any atom is -0.405 e. The van der Waals surface area contributed by atoms with Gasteiger partial charge in [0, 0.05) is 0 Å². The largest absolute Gasteiger partial charge is 0.405 e. The van der Waals surface area contributed by atoms with E-state index in [-0.39, 0.29) is 11.9 Å². The Morgan fingerprint density at radius 3 is 2.06 bits per heavy atom. The molecule has 0 radical (unpaired) electrons. The van der Waals surface area contributed by atoms with Crippen molar-refractivity contribution in [3.63, 3.8) is 0 Å². The van der Waals surface area contributed by atoms with E-state index in [2.05, 4.69) is 11.2 Å².